The number of hydrogen-bond donors (Lipinski definition) is 4. The Morgan fingerprint density at radius 3 is 2.94 bits per heavy atom. The second-order valence-electron chi connectivity index (χ2n) is 7.85. The van der Waals surface area contributed by atoms with Crippen LogP contribution in [-0.4, -0.2) is 57.3 Å². The van der Waals surface area contributed by atoms with Gasteiger partial charge in [-0.15, -0.1) is 0 Å². The molecule has 0 radical (unpaired) electrons. The van der Waals surface area contributed by atoms with Crippen LogP contribution >= 0.6 is 12.2 Å². The molecule has 2 fully saturated rings. The highest BCUT2D eigenvalue weighted by Gasteiger charge is 2.54. The number of aliphatic hydroxyl groups excluding tert-OH is 2. The molecule has 1 saturated carbocycles. The summed E-state index contributed by atoms with van der Waals surface area (Å²) in [4.78, 5) is 19.1. The van der Waals surface area contributed by atoms with Gasteiger partial charge >= 0.3 is 0 Å². The van der Waals surface area contributed by atoms with Gasteiger partial charge in [0.2, 0.25) is 12.7 Å². The van der Waals surface area contributed by atoms with E-state index < -0.39 is 30.2 Å². The summed E-state index contributed by atoms with van der Waals surface area (Å²) in [7, 11) is 0. The second-order valence-corrected chi connectivity index (χ2v) is 8.24. The highest BCUT2D eigenvalue weighted by atomic mass is 32.1. The Hall–Kier alpha value is -2.95. The predicted molar refractivity (Wildman–Crippen MR) is 115 cm³/mol. The first kappa shape index (κ1) is 20.0. The maximum atomic E-state index is 13.2. The molecule has 5 atom stereocenters. The Bertz CT molecular complexity index is 1010. The third kappa shape index (κ3) is 3.56. The van der Waals surface area contributed by atoms with E-state index in [9.17, 15) is 15.0 Å². The first-order valence-electron chi connectivity index (χ1n) is 10.0. The highest BCUT2D eigenvalue weighted by molar-refractivity contribution is 7.80. The van der Waals surface area contributed by atoms with Crippen LogP contribution in [0.5, 0.6) is 11.5 Å². The summed E-state index contributed by atoms with van der Waals surface area (Å²) in [5.74, 6) is 0.418. The average Bonchev–Trinajstić information content (AvgIpc) is 3.39. The van der Waals surface area contributed by atoms with Crippen molar-refractivity contribution in [2.24, 2.45) is 5.92 Å². The number of carbonyl (C=O) groups excluding carboxylic acids is 1. The van der Waals surface area contributed by atoms with Gasteiger partial charge in [-0.05, 0) is 42.4 Å². The number of rotatable bonds is 4. The van der Waals surface area contributed by atoms with Crippen molar-refractivity contribution in [3.8, 4) is 11.5 Å². The summed E-state index contributed by atoms with van der Waals surface area (Å²) < 4.78 is 10.9. The molecule has 10 heteroatoms. The Morgan fingerprint density at radius 2 is 2.13 bits per heavy atom. The number of fused-ring (bicyclic) bond motifs is 2. The monoisotopic (exact) mass is 442 g/mol. The van der Waals surface area contributed by atoms with Crippen molar-refractivity contribution in [1.29, 1.82) is 0 Å². The van der Waals surface area contributed by atoms with E-state index in [0.29, 0.717) is 23.2 Å². The smallest absolute Gasteiger partial charge is 0.231 e. The lowest BCUT2D eigenvalue weighted by atomic mass is 9.77. The van der Waals surface area contributed by atoms with Gasteiger partial charge in [-0.1, -0.05) is 6.07 Å². The molecule has 0 unspecified atom stereocenters. The molecule has 162 valence electrons. The van der Waals surface area contributed by atoms with Crippen LogP contribution in [0.2, 0.25) is 0 Å². The molecule has 5 rings (SSSR count). The molecule has 1 aromatic heterocycles. The van der Waals surface area contributed by atoms with Crippen LogP contribution in [0.25, 0.3) is 0 Å². The number of thiocarbonyl (C=S) groups is 1. The van der Waals surface area contributed by atoms with E-state index in [4.69, 9.17) is 21.7 Å². The van der Waals surface area contributed by atoms with E-state index in [1.165, 1.54) is 0 Å². The standard InChI is InChI=1S/C21H22N4O5S/c26-14-7-13(20(28)23-9-11-2-1-5-22-8-11)18-17(19(14)27)24-21(31)25(18)12-3-4-15-16(6-12)30-10-29-15/h1-6,8,13-14,17-19,26-27H,7,9-10H2,(H,23,28)(H,24,31)/t13-,14-,17-,18-,19+/m1/s1. The van der Waals surface area contributed by atoms with E-state index >= 15 is 0 Å². The van der Waals surface area contributed by atoms with E-state index in [1.54, 1.807) is 30.6 Å². The number of pyridine rings is 1. The lowest BCUT2D eigenvalue weighted by molar-refractivity contribution is -0.131. The first-order chi connectivity index (χ1) is 15.0. The van der Waals surface area contributed by atoms with Crippen molar-refractivity contribution in [3.63, 3.8) is 0 Å². The predicted octanol–water partition coefficient (Wildman–Crippen LogP) is 0.300. The number of aliphatic hydroxyl groups is 2. The molecule has 0 spiro atoms. The Kier molecular flexibility index (Phi) is 5.12. The number of nitrogens with zero attached hydrogens (tertiary/aromatic N) is 2. The molecule has 31 heavy (non-hydrogen) atoms. The van der Waals surface area contributed by atoms with Crippen molar-refractivity contribution >= 4 is 28.9 Å². The molecule has 2 aromatic rings. The van der Waals surface area contributed by atoms with Crippen molar-refractivity contribution in [2.75, 3.05) is 11.7 Å². The highest BCUT2D eigenvalue weighted by Crippen LogP contribution is 2.41. The van der Waals surface area contributed by atoms with E-state index in [2.05, 4.69) is 15.6 Å². The first-order valence-corrected chi connectivity index (χ1v) is 10.5. The maximum absolute atomic E-state index is 13.2. The molecule has 1 aromatic carbocycles. The average molecular weight is 442 g/mol. The third-order valence-electron chi connectivity index (χ3n) is 6.01. The number of carbonyl (C=O) groups is 1. The van der Waals surface area contributed by atoms with Gasteiger partial charge in [0.25, 0.3) is 0 Å². The van der Waals surface area contributed by atoms with E-state index in [-0.39, 0.29) is 19.1 Å². The van der Waals surface area contributed by atoms with Gasteiger partial charge in [-0.25, -0.2) is 0 Å². The Morgan fingerprint density at radius 1 is 1.29 bits per heavy atom. The van der Waals surface area contributed by atoms with Gasteiger partial charge in [0, 0.05) is 30.7 Å². The lowest BCUT2D eigenvalue weighted by Crippen LogP contribution is -2.60. The number of nitrogens with one attached hydrogen (secondary N) is 2. The van der Waals surface area contributed by atoms with Gasteiger partial charge in [0.15, 0.2) is 16.6 Å². The fraction of sp³-hybridized carbons (Fsp3) is 0.381. The summed E-state index contributed by atoms with van der Waals surface area (Å²) in [6.07, 6.45) is 1.38. The second kappa shape index (κ2) is 7.95. The van der Waals surface area contributed by atoms with Gasteiger partial charge in [0.05, 0.1) is 24.1 Å². The molecular formula is C21H22N4O5S. The minimum absolute atomic E-state index is 0.118. The molecule has 1 amide bonds. The summed E-state index contributed by atoms with van der Waals surface area (Å²) in [5.41, 5.74) is 1.60. The van der Waals surface area contributed by atoms with Gasteiger partial charge < -0.3 is 35.2 Å². The van der Waals surface area contributed by atoms with Crippen molar-refractivity contribution in [2.45, 2.75) is 37.3 Å². The SMILES string of the molecule is O=C(NCc1cccnc1)[C@@H]1C[C@@H](O)[C@H](O)[C@@H]2NC(=S)N(c3ccc4c(c3)OCO4)[C@@H]21. The van der Waals surface area contributed by atoms with Crippen molar-refractivity contribution < 1.29 is 24.5 Å². The summed E-state index contributed by atoms with van der Waals surface area (Å²) >= 11 is 5.55. The largest absolute Gasteiger partial charge is 0.454 e. The van der Waals surface area contributed by atoms with Crippen LogP contribution in [-0.2, 0) is 11.3 Å². The summed E-state index contributed by atoms with van der Waals surface area (Å²) in [6.45, 7) is 0.471. The Balaban J connectivity index is 1.43. The topological polar surface area (TPSA) is 116 Å². The zero-order valence-electron chi connectivity index (χ0n) is 16.5. The molecule has 2 aliphatic heterocycles. The summed E-state index contributed by atoms with van der Waals surface area (Å²) in [6, 6.07) is 8.06. The van der Waals surface area contributed by atoms with Crippen LogP contribution in [0.15, 0.2) is 42.7 Å². The van der Waals surface area contributed by atoms with Crippen molar-refractivity contribution in [1.82, 2.24) is 15.6 Å². The molecule has 0 bridgehead atoms. The van der Waals surface area contributed by atoms with Crippen LogP contribution in [0, 0.1) is 5.92 Å². The normalized spacial score (nSPS) is 28.8. The number of anilines is 1. The van der Waals surface area contributed by atoms with Gasteiger partial charge in [-0.2, -0.15) is 0 Å². The van der Waals surface area contributed by atoms with Crippen LogP contribution in [0.4, 0.5) is 5.69 Å². The molecular weight excluding hydrogens is 420 g/mol. The van der Waals surface area contributed by atoms with Gasteiger partial charge in [0.1, 0.15) is 6.10 Å². The molecule has 3 heterocycles. The van der Waals surface area contributed by atoms with Gasteiger partial charge in [-0.3, -0.25) is 9.78 Å². The Labute approximate surface area is 184 Å². The number of benzene rings is 1. The zero-order chi connectivity index (χ0) is 21.5. The lowest BCUT2D eigenvalue weighted by Gasteiger charge is -2.41. The minimum atomic E-state index is -1.05. The molecule has 4 N–H and O–H groups in total. The van der Waals surface area contributed by atoms with Crippen LogP contribution < -0.4 is 25.0 Å². The van der Waals surface area contributed by atoms with E-state index in [0.717, 1.165) is 11.3 Å². The number of hydrogen-bond acceptors (Lipinski definition) is 7. The fourth-order valence-electron chi connectivity index (χ4n) is 4.50. The fourth-order valence-corrected chi connectivity index (χ4v) is 4.86. The minimum Gasteiger partial charge on any atom is -0.454 e. The quantitative estimate of drug-likeness (QED) is 0.496. The molecule has 1 aliphatic carbocycles. The number of ether oxygens (including phenoxy) is 2. The summed E-state index contributed by atoms with van der Waals surface area (Å²) in [5, 5.41) is 27.4. The number of aromatic nitrogens is 1. The zero-order valence-corrected chi connectivity index (χ0v) is 17.3. The third-order valence-corrected chi connectivity index (χ3v) is 6.32. The van der Waals surface area contributed by atoms with Crippen molar-refractivity contribution in [3.05, 3.63) is 48.3 Å². The number of amides is 1. The molecule has 1 saturated heterocycles. The molecule has 3 aliphatic rings. The van der Waals surface area contributed by atoms with Crippen LogP contribution in [0.1, 0.15) is 12.0 Å². The van der Waals surface area contributed by atoms with E-state index in [1.807, 2.05) is 17.0 Å². The molecule has 9 nitrogen and oxygen atoms in total. The maximum Gasteiger partial charge on any atom is 0.231 e. The van der Waals surface area contributed by atoms with Crippen LogP contribution in [0.3, 0.4) is 0 Å².